The van der Waals surface area contributed by atoms with Crippen molar-refractivity contribution < 1.29 is 27.6 Å². The van der Waals surface area contributed by atoms with Gasteiger partial charge in [-0.1, -0.05) is 11.6 Å². The van der Waals surface area contributed by atoms with Crippen LogP contribution in [0.5, 0.6) is 0 Å². The number of hydrogen-bond acceptors (Lipinski definition) is 8. The zero-order valence-corrected chi connectivity index (χ0v) is 18.8. The van der Waals surface area contributed by atoms with Gasteiger partial charge >= 0.3 is 5.91 Å². The molecule has 10 nitrogen and oxygen atoms in total. The van der Waals surface area contributed by atoms with Gasteiger partial charge in [0.2, 0.25) is 0 Å². The number of pyridine rings is 1. The number of nitrogens with one attached hydrogen (secondary N) is 2. The van der Waals surface area contributed by atoms with Crippen LogP contribution in [0.2, 0.25) is 5.02 Å². The second kappa shape index (κ2) is 8.24. The van der Waals surface area contributed by atoms with Crippen molar-refractivity contribution in [3.05, 3.63) is 47.3 Å². The number of furan rings is 1. The Morgan fingerprint density at radius 3 is 2.78 bits per heavy atom. The number of anilines is 2. The van der Waals surface area contributed by atoms with Gasteiger partial charge in [-0.05, 0) is 38.1 Å². The molecule has 0 saturated carbocycles. The molecule has 0 atom stereocenters. The summed E-state index contributed by atoms with van der Waals surface area (Å²) in [6, 6.07) is 7.07. The van der Waals surface area contributed by atoms with Gasteiger partial charge in [0.25, 0.3) is 10.0 Å². The fraction of sp³-hybridized carbons (Fsp3) is 0.300. The lowest BCUT2D eigenvalue weighted by atomic mass is 10.1. The van der Waals surface area contributed by atoms with Crippen molar-refractivity contribution in [2.24, 2.45) is 0 Å². The summed E-state index contributed by atoms with van der Waals surface area (Å²) in [5.74, 6) is -0.552. The zero-order chi connectivity index (χ0) is 23.1. The van der Waals surface area contributed by atoms with Crippen molar-refractivity contribution in [1.29, 1.82) is 0 Å². The highest BCUT2D eigenvalue weighted by Gasteiger charge is 2.30. The summed E-state index contributed by atoms with van der Waals surface area (Å²) >= 11 is 6.10. The van der Waals surface area contributed by atoms with Crippen LogP contribution in [0.4, 0.5) is 11.5 Å². The van der Waals surface area contributed by atoms with Gasteiger partial charge in [-0.3, -0.25) is 14.7 Å². The van der Waals surface area contributed by atoms with Crippen LogP contribution in [0.3, 0.4) is 0 Å². The number of benzene rings is 1. The first-order valence-electron chi connectivity index (χ1n) is 9.63. The molecule has 0 bridgehead atoms. The highest BCUT2D eigenvalue weighted by molar-refractivity contribution is 7.92. The Morgan fingerprint density at radius 1 is 1.28 bits per heavy atom. The maximum absolute atomic E-state index is 13.1. The highest BCUT2D eigenvalue weighted by Crippen LogP contribution is 2.32. The van der Waals surface area contributed by atoms with E-state index in [1.807, 2.05) is 18.7 Å². The Morgan fingerprint density at radius 2 is 2.06 bits per heavy atom. The van der Waals surface area contributed by atoms with Gasteiger partial charge < -0.3 is 14.1 Å². The van der Waals surface area contributed by atoms with E-state index in [0.29, 0.717) is 30.9 Å². The quantitative estimate of drug-likeness (QED) is 0.374. The lowest BCUT2D eigenvalue weighted by molar-refractivity contribution is -0.0278. The minimum Gasteiger partial charge on any atom is -0.451 e. The number of carbonyl (C=O) groups is 1. The Kier molecular flexibility index (Phi) is 5.76. The number of hydrogen-bond donors (Lipinski definition) is 3. The molecule has 170 valence electrons. The van der Waals surface area contributed by atoms with E-state index in [-0.39, 0.29) is 26.9 Å². The number of rotatable bonds is 5. The van der Waals surface area contributed by atoms with Crippen LogP contribution in [0.25, 0.3) is 11.0 Å². The molecule has 0 radical (unpaired) electrons. The van der Waals surface area contributed by atoms with Crippen LogP contribution in [-0.4, -0.2) is 49.8 Å². The molecule has 0 aliphatic carbocycles. The predicted molar refractivity (Wildman–Crippen MR) is 118 cm³/mol. The zero-order valence-electron chi connectivity index (χ0n) is 17.3. The average molecular weight is 481 g/mol. The summed E-state index contributed by atoms with van der Waals surface area (Å²) in [6.07, 6.45) is 1.46. The van der Waals surface area contributed by atoms with Crippen molar-refractivity contribution >= 4 is 50.0 Å². The number of amides is 1. The second-order valence-corrected chi connectivity index (χ2v) is 10.0. The van der Waals surface area contributed by atoms with Gasteiger partial charge in [-0.15, -0.1) is 0 Å². The van der Waals surface area contributed by atoms with E-state index in [0.717, 1.165) is 0 Å². The first kappa shape index (κ1) is 22.3. The van der Waals surface area contributed by atoms with Crippen LogP contribution in [0.15, 0.2) is 45.8 Å². The third kappa shape index (κ3) is 4.51. The topological polar surface area (TPSA) is 134 Å². The molecule has 1 aromatic carbocycles. The van der Waals surface area contributed by atoms with Crippen molar-refractivity contribution in [1.82, 2.24) is 10.5 Å². The van der Waals surface area contributed by atoms with E-state index in [4.69, 9.17) is 26.0 Å². The molecule has 4 rings (SSSR count). The second-order valence-electron chi connectivity index (χ2n) is 7.91. The Bertz CT molecular complexity index is 1290. The third-order valence-electron chi connectivity index (χ3n) is 4.93. The molecule has 32 heavy (non-hydrogen) atoms. The maximum atomic E-state index is 13.1. The summed E-state index contributed by atoms with van der Waals surface area (Å²) in [5.41, 5.74) is 1.46. The fourth-order valence-corrected chi connectivity index (χ4v) is 4.73. The van der Waals surface area contributed by atoms with E-state index in [9.17, 15) is 13.2 Å². The number of morpholine rings is 1. The number of halogens is 1. The molecule has 3 heterocycles. The van der Waals surface area contributed by atoms with Crippen molar-refractivity contribution in [3.8, 4) is 0 Å². The molecule has 12 heteroatoms. The summed E-state index contributed by atoms with van der Waals surface area (Å²) in [6.45, 7) is 5.43. The highest BCUT2D eigenvalue weighted by atomic mass is 35.5. The number of carbonyl (C=O) groups excluding carboxylic acids is 1. The molecule has 1 fully saturated rings. The summed E-state index contributed by atoms with van der Waals surface area (Å²) < 4.78 is 39.9. The Balaban J connectivity index is 1.67. The van der Waals surface area contributed by atoms with E-state index >= 15 is 0 Å². The Labute approximate surface area is 189 Å². The normalized spacial score (nSPS) is 16.2. The average Bonchev–Trinajstić information content (AvgIpc) is 3.15. The van der Waals surface area contributed by atoms with E-state index < -0.39 is 21.5 Å². The first-order chi connectivity index (χ1) is 15.1. The lowest BCUT2D eigenvalue weighted by Gasteiger charge is -2.39. The van der Waals surface area contributed by atoms with E-state index in [2.05, 4.69) is 9.71 Å². The van der Waals surface area contributed by atoms with Gasteiger partial charge in [0.05, 0.1) is 27.8 Å². The van der Waals surface area contributed by atoms with Crippen molar-refractivity contribution in [2.45, 2.75) is 24.3 Å². The maximum Gasteiger partial charge on any atom is 0.310 e. The number of nitrogens with zero attached hydrogens (tertiary/aromatic N) is 2. The minimum atomic E-state index is -4.04. The molecule has 1 aliphatic rings. The number of hydroxylamine groups is 1. The minimum absolute atomic E-state index is 0.0801. The SMILES string of the molecule is CC1(C)CN(c2ncc(Cl)cc2NS(=O)(=O)c2ccc3cc(C(=O)NO)oc3c2)CCO1. The summed E-state index contributed by atoms with van der Waals surface area (Å²) in [7, 11) is -4.04. The molecule has 1 saturated heterocycles. The molecular weight excluding hydrogens is 460 g/mol. The van der Waals surface area contributed by atoms with Gasteiger partial charge in [0, 0.05) is 30.7 Å². The molecular formula is C20H21ClN4O6S. The van der Waals surface area contributed by atoms with Crippen LogP contribution in [-0.2, 0) is 14.8 Å². The number of fused-ring (bicyclic) bond motifs is 1. The van der Waals surface area contributed by atoms with Gasteiger partial charge in [0.15, 0.2) is 11.6 Å². The van der Waals surface area contributed by atoms with Crippen molar-refractivity contribution in [2.75, 3.05) is 29.3 Å². The summed E-state index contributed by atoms with van der Waals surface area (Å²) in [5, 5.41) is 9.54. The molecule has 0 spiro atoms. The standard InChI is InChI=1S/C20H21ClN4O6S/c1-20(2)11-25(5-6-30-20)18-15(8-13(21)10-22-18)24-32(28,29)14-4-3-12-7-17(19(26)23-27)31-16(12)9-14/h3-4,7-10,24,27H,5-6,11H2,1-2H3,(H,23,26). The largest absolute Gasteiger partial charge is 0.451 e. The molecule has 3 N–H and O–H groups in total. The van der Waals surface area contributed by atoms with Crippen LogP contribution >= 0.6 is 11.6 Å². The molecule has 1 amide bonds. The predicted octanol–water partition coefficient (Wildman–Crippen LogP) is 3.02. The van der Waals surface area contributed by atoms with Crippen molar-refractivity contribution in [3.63, 3.8) is 0 Å². The first-order valence-corrected chi connectivity index (χ1v) is 11.5. The third-order valence-corrected chi connectivity index (χ3v) is 6.50. The van der Waals surface area contributed by atoms with Gasteiger partial charge in [-0.25, -0.2) is 18.9 Å². The van der Waals surface area contributed by atoms with E-state index in [1.54, 1.807) is 0 Å². The molecule has 1 aliphatic heterocycles. The molecule has 0 unspecified atom stereocenters. The Hall–Kier alpha value is -2.86. The number of ether oxygens (including phenoxy) is 1. The van der Waals surface area contributed by atoms with Crippen LogP contribution in [0.1, 0.15) is 24.4 Å². The lowest BCUT2D eigenvalue weighted by Crippen LogP contribution is -2.48. The monoisotopic (exact) mass is 480 g/mol. The fourth-order valence-electron chi connectivity index (χ4n) is 3.51. The van der Waals surface area contributed by atoms with E-state index in [1.165, 1.54) is 42.0 Å². The number of aromatic nitrogens is 1. The van der Waals surface area contributed by atoms with Crippen LogP contribution in [0, 0.1) is 0 Å². The molecule has 3 aromatic rings. The number of sulfonamides is 1. The molecule has 2 aromatic heterocycles. The van der Waals surface area contributed by atoms with Gasteiger partial charge in [0.1, 0.15) is 5.58 Å². The van der Waals surface area contributed by atoms with Gasteiger partial charge in [-0.2, -0.15) is 0 Å². The smallest absolute Gasteiger partial charge is 0.310 e. The summed E-state index contributed by atoms with van der Waals surface area (Å²) in [4.78, 5) is 17.8. The van der Waals surface area contributed by atoms with Crippen LogP contribution < -0.4 is 15.1 Å².